The second kappa shape index (κ2) is 20.6. The number of carbonyl (C=O) groups is 2. The average Bonchev–Trinajstić information content (AvgIpc) is 3.35. The number of hydrogen-bond donors (Lipinski definition) is 1. The van der Waals surface area contributed by atoms with E-state index in [1.54, 1.807) is 24.8 Å². The van der Waals surface area contributed by atoms with E-state index in [4.69, 9.17) is 4.74 Å². The number of unbranched alkanes of at least 4 members (excludes halogenated alkanes) is 11. The Morgan fingerprint density at radius 2 is 1.55 bits per heavy atom. The molecule has 5 nitrogen and oxygen atoms in total. The van der Waals surface area contributed by atoms with Crippen LogP contribution in [0.4, 0.5) is 5.69 Å². The van der Waals surface area contributed by atoms with E-state index in [1.807, 2.05) is 30.3 Å². The predicted octanol–water partition coefficient (Wildman–Crippen LogP) is 10.1. The van der Waals surface area contributed by atoms with Gasteiger partial charge in [0.1, 0.15) is 5.75 Å². The van der Waals surface area contributed by atoms with Crippen molar-refractivity contribution in [3.63, 3.8) is 0 Å². The van der Waals surface area contributed by atoms with E-state index in [1.165, 1.54) is 69.9 Å². The fraction of sp³-hybridized carbons (Fsp3) is 0.543. The molecule has 42 heavy (non-hydrogen) atoms. The Hall–Kier alpha value is -2.25. The van der Waals surface area contributed by atoms with E-state index in [9.17, 15) is 9.59 Å². The van der Waals surface area contributed by atoms with Crippen molar-refractivity contribution in [3.8, 4) is 5.75 Å². The summed E-state index contributed by atoms with van der Waals surface area (Å²) in [7, 11) is 0. The molecule has 1 aliphatic heterocycles. The van der Waals surface area contributed by atoms with E-state index >= 15 is 0 Å². The largest absolute Gasteiger partial charge is 0.493 e. The minimum Gasteiger partial charge on any atom is -0.493 e. The van der Waals surface area contributed by atoms with Gasteiger partial charge >= 0.3 is 0 Å². The Kier molecular flexibility index (Phi) is 17.6. The van der Waals surface area contributed by atoms with Gasteiger partial charge in [-0.2, -0.15) is 0 Å². The summed E-state index contributed by atoms with van der Waals surface area (Å²) >= 11 is 1.80. The van der Waals surface area contributed by atoms with Crippen LogP contribution in [-0.2, 0) is 17.8 Å². The standard InChI is InChI=1S/C35H50N2O3S.BrH/c1-4-5-6-7-8-9-10-11-12-13-14-15-22-40-35-31(19-17-21-33(35)29(3)38)24-34(39)36-32-20-16-18-30(23-32)25-37-27-41-26-28(37)2;/h16-21,23,26H,4-15,22,24-25,27H2,1-3H3,(H,36,39);1H. The van der Waals surface area contributed by atoms with Gasteiger partial charge in [-0.05, 0) is 49.4 Å². The van der Waals surface area contributed by atoms with Gasteiger partial charge in [0.15, 0.2) is 5.78 Å². The minimum atomic E-state index is -0.120. The summed E-state index contributed by atoms with van der Waals surface area (Å²) in [4.78, 5) is 27.7. The van der Waals surface area contributed by atoms with Crippen LogP contribution in [-0.4, -0.2) is 29.1 Å². The molecule has 1 heterocycles. The van der Waals surface area contributed by atoms with E-state index < -0.39 is 0 Å². The SMILES string of the molecule is Br.CCCCCCCCCCCCCCOc1c(CC(=O)Nc2cccc(CN3CSC=C3C)c2)cccc1C(C)=O. The molecule has 0 saturated heterocycles. The summed E-state index contributed by atoms with van der Waals surface area (Å²) in [5.74, 6) is 1.34. The van der Waals surface area contributed by atoms with Crippen molar-refractivity contribution in [2.75, 3.05) is 17.8 Å². The van der Waals surface area contributed by atoms with Crippen LogP contribution in [0.5, 0.6) is 5.75 Å². The molecule has 1 aliphatic rings. The van der Waals surface area contributed by atoms with Crippen LogP contribution >= 0.6 is 28.7 Å². The number of carbonyl (C=O) groups excluding carboxylic acids is 2. The molecule has 0 fully saturated rings. The summed E-state index contributed by atoms with van der Waals surface area (Å²) in [5, 5.41) is 5.22. The molecule has 0 aromatic heterocycles. The number of halogens is 1. The summed E-state index contributed by atoms with van der Waals surface area (Å²) in [6.07, 6.45) is 15.6. The molecule has 2 aromatic carbocycles. The first-order valence-corrected chi connectivity index (χ1v) is 16.7. The maximum absolute atomic E-state index is 13.0. The number of allylic oxidation sites excluding steroid dienone is 1. The Morgan fingerprint density at radius 1 is 0.905 bits per heavy atom. The summed E-state index contributed by atoms with van der Waals surface area (Å²) in [5.41, 5.74) is 4.50. The first-order valence-electron chi connectivity index (χ1n) is 15.7. The number of nitrogens with zero attached hydrogens (tertiary/aromatic N) is 1. The van der Waals surface area contributed by atoms with Gasteiger partial charge in [-0.3, -0.25) is 9.59 Å². The number of rotatable bonds is 20. The maximum Gasteiger partial charge on any atom is 0.228 e. The average molecular weight is 660 g/mol. The van der Waals surface area contributed by atoms with Crippen LogP contribution in [0, 0.1) is 0 Å². The second-order valence-electron chi connectivity index (χ2n) is 11.3. The van der Waals surface area contributed by atoms with Crippen LogP contribution in [0.3, 0.4) is 0 Å². The zero-order valence-electron chi connectivity index (χ0n) is 25.9. The molecule has 2 aromatic rings. The maximum atomic E-state index is 13.0. The van der Waals surface area contributed by atoms with Gasteiger partial charge in [0, 0.05) is 23.5 Å². The molecular formula is C35H51BrN2O3S. The number of thioether (sulfide) groups is 1. The fourth-order valence-corrected chi connectivity index (χ4v) is 6.17. The Labute approximate surface area is 269 Å². The molecular weight excluding hydrogens is 608 g/mol. The topological polar surface area (TPSA) is 58.6 Å². The third kappa shape index (κ3) is 12.9. The van der Waals surface area contributed by atoms with Crippen molar-refractivity contribution in [3.05, 3.63) is 70.3 Å². The first kappa shape index (κ1) is 35.9. The number of benzene rings is 2. The lowest BCUT2D eigenvalue weighted by Crippen LogP contribution is -2.18. The molecule has 0 radical (unpaired) electrons. The monoisotopic (exact) mass is 658 g/mol. The Bertz CT molecular complexity index is 1140. The van der Waals surface area contributed by atoms with Crippen LogP contribution in [0.15, 0.2) is 53.6 Å². The van der Waals surface area contributed by atoms with Crippen molar-refractivity contribution in [2.24, 2.45) is 0 Å². The zero-order valence-corrected chi connectivity index (χ0v) is 28.5. The number of anilines is 1. The van der Waals surface area contributed by atoms with Crippen molar-refractivity contribution < 1.29 is 14.3 Å². The third-order valence-electron chi connectivity index (χ3n) is 7.64. The van der Waals surface area contributed by atoms with Gasteiger partial charge in [-0.15, -0.1) is 28.7 Å². The smallest absolute Gasteiger partial charge is 0.228 e. The highest BCUT2D eigenvalue weighted by Gasteiger charge is 2.17. The molecule has 232 valence electrons. The highest BCUT2D eigenvalue weighted by molar-refractivity contribution is 8.93. The van der Waals surface area contributed by atoms with Crippen molar-refractivity contribution in [1.29, 1.82) is 0 Å². The van der Waals surface area contributed by atoms with Gasteiger partial charge in [-0.25, -0.2) is 0 Å². The first-order chi connectivity index (χ1) is 20.0. The summed E-state index contributed by atoms with van der Waals surface area (Å²) in [6, 6.07) is 13.5. The molecule has 0 saturated carbocycles. The van der Waals surface area contributed by atoms with Crippen LogP contribution in [0.1, 0.15) is 119 Å². The lowest BCUT2D eigenvalue weighted by Gasteiger charge is -2.19. The van der Waals surface area contributed by atoms with Gasteiger partial charge in [0.2, 0.25) is 5.91 Å². The molecule has 0 aliphatic carbocycles. The van der Waals surface area contributed by atoms with Gasteiger partial charge in [-0.1, -0.05) is 102 Å². The van der Waals surface area contributed by atoms with Gasteiger partial charge < -0.3 is 15.0 Å². The molecule has 3 rings (SSSR count). The minimum absolute atomic E-state index is 0. The number of ketones is 1. The van der Waals surface area contributed by atoms with E-state index in [0.717, 1.165) is 42.1 Å². The quantitative estimate of drug-likeness (QED) is 0.113. The van der Waals surface area contributed by atoms with Crippen molar-refractivity contribution in [2.45, 2.75) is 111 Å². The lowest BCUT2D eigenvalue weighted by molar-refractivity contribution is -0.115. The third-order valence-corrected chi connectivity index (χ3v) is 8.61. The number of amides is 1. The summed E-state index contributed by atoms with van der Waals surface area (Å²) in [6.45, 7) is 7.31. The Balaban J connectivity index is 0.00000616. The second-order valence-corrected chi connectivity index (χ2v) is 12.1. The predicted molar refractivity (Wildman–Crippen MR) is 184 cm³/mol. The fourth-order valence-electron chi connectivity index (χ4n) is 5.23. The van der Waals surface area contributed by atoms with Crippen LogP contribution in [0.25, 0.3) is 0 Å². The van der Waals surface area contributed by atoms with Crippen molar-refractivity contribution in [1.82, 2.24) is 4.90 Å². The van der Waals surface area contributed by atoms with E-state index in [0.29, 0.717) is 17.9 Å². The number of hydrogen-bond acceptors (Lipinski definition) is 5. The number of Topliss-reactive ketones (excluding diaryl/α,β-unsaturated/α-hetero) is 1. The molecule has 1 amide bonds. The molecule has 1 N–H and O–H groups in total. The molecule has 7 heteroatoms. The highest BCUT2D eigenvalue weighted by Crippen LogP contribution is 2.27. The molecule has 0 bridgehead atoms. The number of para-hydroxylation sites is 1. The van der Waals surface area contributed by atoms with Crippen LogP contribution < -0.4 is 10.1 Å². The molecule has 0 unspecified atom stereocenters. The highest BCUT2D eigenvalue weighted by atomic mass is 79.9. The van der Waals surface area contributed by atoms with Gasteiger partial charge in [0.25, 0.3) is 0 Å². The van der Waals surface area contributed by atoms with Crippen LogP contribution in [0.2, 0.25) is 0 Å². The van der Waals surface area contributed by atoms with E-state index in [2.05, 4.69) is 35.5 Å². The number of ether oxygens (including phenoxy) is 1. The lowest BCUT2D eigenvalue weighted by atomic mass is 10.0. The summed E-state index contributed by atoms with van der Waals surface area (Å²) < 4.78 is 6.16. The van der Waals surface area contributed by atoms with E-state index in [-0.39, 0.29) is 35.1 Å². The van der Waals surface area contributed by atoms with Gasteiger partial charge in [0.05, 0.1) is 24.5 Å². The Morgan fingerprint density at radius 3 is 2.17 bits per heavy atom. The molecule has 0 spiro atoms. The normalized spacial score (nSPS) is 12.5. The van der Waals surface area contributed by atoms with Crippen molar-refractivity contribution >= 4 is 46.1 Å². The zero-order chi connectivity index (χ0) is 29.3. The molecule has 0 atom stereocenters. The number of nitrogens with one attached hydrogen (secondary N) is 1.